The highest BCUT2D eigenvalue weighted by molar-refractivity contribution is 5.70. The van der Waals surface area contributed by atoms with Crippen LogP contribution in [-0.2, 0) is 22.5 Å². The highest BCUT2D eigenvalue weighted by Gasteiger charge is 2.15. The Hall–Kier alpha value is -1.35. The molecule has 0 atom stereocenters. The van der Waals surface area contributed by atoms with Gasteiger partial charge < -0.3 is 10.5 Å². The van der Waals surface area contributed by atoms with Crippen LogP contribution in [0, 0.1) is 0 Å². The summed E-state index contributed by atoms with van der Waals surface area (Å²) in [5.41, 5.74) is 7.37. The lowest BCUT2D eigenvalue weighted by Crippen LogP contribution is -2.24. The first-order chi connectivity index (χ1) is 7.90. The van der Waals surface area contributed by atoms with Gasteiger partial charge in [0.25, 0.3) is 0 Å². The largest absolute Gasteiger partial charge is 0.460 e. The SMILES string of the molecule is CC(C)(C)OC(=O)CCc1cccc(CN)c1. The van der Waals surface area contributed by atoms with Crippen LogP contribution in [0.15, 0.2) is 24.3 Å². The van der Waals surface area contributed by atoms with Gasteiger partial charge in [-0.15, -0.1) is 0 Å². The van der Waals surface area contributed by atoms with Gasteiger partial charge in [0.15, 0.2) is 0 Å². The van der Waals surface area contributed by atoms with Crippen molar-refractivity contribution in [1.82, 2.24) is 0 Å². The molecule has 0 unspecified atom stereocenters. The van der Waals surface area contributed by atoms with E-state index >= 15 is 0 Å². The van der Waals surface area contributed by atoms with Gasteiger partial charge in [-0.3, -0.25) is 4.79 Å². The van der Waals surface area contributed by atoms with E-state index in [0.717, 1.165) is 11.1 Å². The molecule has 0 aliphatic rings. The minimum Gasteiger partial charge on any atom is -0.460 e. The van der Waals surface area contributed by atoms with Crippen LogP contribution >= 0.6 is 0 Å². The molecule has 0 spiro atoms. The summed E-state index contributed by atoms with van der Waals surface area (Å²) >= 11 is 0. The van der Waals surface area contributed by atoms with Crippen LogP contribution in [0.1, 0.15) is 38.3 Å². The maximum atomic E-state index is 11.5. The van der Waals surface area contributed by atoms with Gasteiger partial charge in [0, 0.05) is 13.0 Å². The third-order valence-electron chi connectivity index (χ3n) is 2.26. The van der Waals surface area contributed by atoms with Crippen molar-refractivity contribution < 1.29 is 9.53 Å². The molecule has 0 bridgehead atoms. The second-order valence-electron chi connectivity index (χ2n) is 5.11. The average Bonchev–Trinajstić information content (AvgIpc) is 2.24. The molecule has 2 N–H and O–H groups in total. The van der Waals surface area contributed by atoms with E-state index in [4.69, 9.17) is 10.5 Å². The summed E-state index contributed by atoms with van der Waals surface area (Å²) in [4.78, 5) is 11.5. The molecule has 0 saturated carbocycles. The first-order valence-electron chi connectivity index (χ1n) is 5.90. The molecule has 0 radical (unpaired) electrons. The zero-order chi connectivity index (χ0) is 12.9. The van der Waals surface area contributed by atoms with Crippen molar-refractivity contribution in [3.8, 4) is 0 Å². The number of hydrogen-bond acceptors (Lipinski definition) is 3. The fourth-order valence-electron chi connectivity index (χ4n) is 1.55. The number of ether oxygens (including phenoxy) is 1. The smallest absolute Gasteiger partial charge is 0.306 e. The van der Waals surface area contributed by atoms with Gasteiger partial charge in [-0.1, -0.05) is 24.3 Å². The fraction of sp³-hybridized carbons (Fsp3) is 0.500. The van der Waals surface area contributed by atoms with Gasteiger partial charge >= 0.3 is 5.97 Å². The molecule has 0 aliphatic heterocycles. The van der Waals surface area contributed by atoms with Gasteiger partial charge in [-0.25, -0.2) is 0 Å². The van der Waals surface area contributed by atoms with E-state index in [9.17, 15) is 4.79 Å². The zero-order valence-corrected chi connectivity index (χ0v) is 10.8. The van der Waals surface area contributed by atoms with Crippen LogP contribution in [0.5, 0.6) is 0 Å². The second-order valence-corrected chi connectivity index (χ2v) is 5.11. The molecular weight excluding hydrogens is 214 g/mol. The highest BCUT2D eigenvalue weighted by atomic mass is 16.6. The summed E-state index contributed by atoms with van der Waals surface area (Å²) in [5, 5.41) is 0. The molecule has 17 heavy (non-hydrogen) atoms. The summed E-state index contributed by atoms with van der Waals surface area (Å²) < 4.78 is 5.25. The molecule has 0 aliphatic carbocycles. The number of aryl methyl sites for hydroxylation is 1. The minimum absolute atomic E-state index is 0.157. The lowest BCUT2D eigenvalue weighted by molar-refractivity contribution is -0.154. The predicted octanol–water partition coefficient (Wildman–Crippen LogP) is 2.42. The Kier molecular flexibility index (Phi) is 4.70. The molecule has 94 valence electrons. The van der Waals surface area contributed by atoms with E-state index in [2.05, 4.69) is 0 Å². The van der Waals surface area contributed by atoms with Crippen LogP contribution in [0.4, 0.5) is 0 Å². The van der Waals surface area contributed by atoms with Crippen LogP contribution < -0.4 is 5.73 Å². The molecule has 3 nitrogen and oxygen atoms in total. The number of esters is 1. The minimum atomic E-state index is -0.407. The molecule has 1 rings (SSSR count). The molecule has 1 aromatic rings. The van der Waals surface area contributed by atoms with Crippen LogP contribution in [0.3, 0.4) is 0 Å². The lowest BCUT2D eigenvalue weighted by Gasteiger charge is -2.19. The summed E-state index contributed by atoms with van der Waals surface area (Å²) in [5.74, 6) is -0.157. The molecule has 3 heteroatoms. The third kappa shape index (κ3) is 5.50. The summed E-state index contributed by atoms with van der Waals surface area (Å²) in [6.45, 7) is 6.15. The Balaban J connectivity index is 2.47. The van der Waals surface area contributed by atoms with Gasteiger partial charge in [-0.2, -0.15) is 0 Å². The van der Waals surface area contributed by atoms with E-state index in [1.165, 1.54) is 0 Å². The maximum absolute atomic E-state index is 11.5. The highest BCUT2D eigenvalue weighted by Crippen LogP contribution is 2.11. The van der Waals surface area contributed by atoms with E-state index in [1.807, 2.05) is 45.0 Å². The Morgan fingerprint density at radius 1 is 1.29 bits per heavy atom. The van der Waals surface area contributed by atoms with Gasteiger partial charge in [0.2, 0.25) is 0 Å². The maximum Gasteiger partial charge on any atom is 0.306 e. The zero-order valence-electron chi connectivity index (χ0n) is 10.8. The third-order valence-corrected chi connectivity index (χ3v) is 2.26. The number of carbonyl (C=O) groups is 1. The number of rotatable bonds is 4. The van der Waals surface area contributed by atoms with Crippen molar-refractivity contribution in [1.29, 1.82) is 0 Å². The first kappa shape index (κ1) is 13.7. The normalized spacial score (nSPS) is 11.3. The van der Waals surface area contributed by atoms with Gasteiger partial charge in [0.1, 0.15) is 5.60 Å². The topological polar surface area (TPSA) is 52.3 Å². The van der Waals surface area contributed by atoms with Crippen LogP contribution in [0.25, 0.3) is 0 Å². The van der Waals surface area contributed by atoms with Crippen molar-refractivity contribution in [3.63, 3.8) is 0 Å². The second kappa shape index (κ2) is 5.82. The summed E-state index contributed by atoms with van der Waals surface area (Å²) in [6.07, 6.45) is 1.11. The molecular formula is C14H21NO2. The lowest BCUT2D eigenvalue weighted by atomic mass is 10.1. The predicted molar refractivity (Wildman–Crippen MR) is 68.5 cm³/mol. The molecule has 0 saturated heterocycles. The van der Waals surface area contributed by atoms with E-state index < -0.39 is 5.60 Å². The number of nitrogens with two attached hydrogens (primary N) is 1. The van der Waals surface area contributed by atoms with Gasteiger partial charge in [0.05, 0.1) is 0 Å². The van der Waals surface area contributed by atoms with Crippen molar-refractivity contribution >= 4 is 5.97 Å². The Labute approximate surface area is 103 Å². The molecule has 0 fully saturated rings. The average molecular weight is 235 g/mol. The first-order valence-corrected chi connectivity index (χ1v) is 5.90. The van der Waals surface area contributed by atoms with Crippen LogP contribution in [0.2, 0.25) is 0 Å². The van der Waals surface area contributed by atoms with E-state index in [-0.39, 0.29) is 5.97 Å². The fourth-order valence-corrected chi connectivity index (χ4v) is 1.55. The molecule has 1 aromatic carbocycles. The number of hydrogen-bond donors (Lipinski definition) is 1. The van der Waals surface area contributed by atoms with Crippen molar-refractivity contribution in [2.24, 2.45) is 5.73 Å². The summed E-state index contributed by atoms with van der Waals surface area (Å²) in [6, 6.07) is 7.98. The quantitative estimate of drug-likeness (QED) is 0.815. The Morgan fingerprint density at radius 2 is 1.94 bits per heavy atom. The van der Waals surface area contributed by atoms with Crippen molar-refractivity contribution in [2.75, 3.05) is 0 Å². The molecule has 0 aromatic heterocycles. The standard InChI is InChI=1S/C14H21NO2/c1-14(2,3)17-13(16)8-7-11-5-4-6-12(9-11)10-15/h4-6,9H,7-8,10,15H2,1-3H3. The number of benzene rings is 1. The summed E-state index contributed by atoms with van der Waals surface area (Å²) in [7, 11) is 0. The molecule has 0 amide bonds. The number of carbonyl (C=O) groups excluding carboxylic acids is 1. The Morgan fingerprint density at radius 3 is 2.53 bits per heavy atom. The van der Waals surface area contributed by atoms with E-state index in [0.29, 0.717) is 19.4 Å². The van der Waals surface area contributed by atoms with Crippen LogP contribution in [-0.4, -0.2) is 11.6 Å². The van der Waals surface area contributed by atoms with Crippen molar-refractivity contribution in [3.05, 3.63) is 35.4 Å². The molecule has 0 heterocycles. The van der Waals surface area contributed by atoms with E-state index in [1.54, 1.807) is 0 Å². The monoisotopic (exact) mass is 235 g/mol. The Bertz CT molecular complexity index is 380. The van der Waals surface area contributed by atoms with Gasteiger partial charge in [-0.05, 0) is 38.3 Å². The van der Waals surface area contributed by atoms with Crippen molar-refractivity contribution in [2.45, 2.75) is 45.8 Å².